The minimum absolute atomic E-state index is 0.0501. The second kappa shape index (κ2) is 22.5. The molecule has 0 heterocycles. The molecule has 5 aromatic carbocycles. The Balaban J connectivity index is 1.61. The first-order valence-corrected chi connectivity index (χ1v) is 26.5. The van der Waals surface area contributed by atoms with E-state index in [1.54, 1.807) is 0 Å². The molecule has 5 rings (SSSR count). The SMILES string of the molecule is Nc1c(/N=N/c2ccc(S(=O)(=O)CCOSOOO)cc2)cc(/N=N/c2cc(SOOO)c3cccc(S(=O)(=O)O)c3c2)c(N)c1/N=N/c1ccc(S(=O)(=O)CCOS(=O)(=O)O)cc1S(=O)(=O)O. The van der Waals surface area contributed by atoms with Gasteiger partial charge in [0.1, 0.15) is 32.5 Å². The summed E-state index contributed by atoms with van der Waals surface area (Å²) >= 11 is 0.591. The lowest BCUT2D eigenvalue weighted by molar-refractivity contribution is -0.434. The van der Waals surface area contributed by atoms with Crippen molar-refractivity contribution in [3.05, 3.63) is 78.9 Å². The van der Waals surface area contributed by atoms with Gasteiger partial charge in [0.2, 0.25) is 0 Å². The van der Waals surface area contributed by atoms with Crippen molar-refractivity contribution < 1.29 is 93.4 Å². The molecule has 29 nitrogen and oxygen atoms in total. The number of nitrogens with two attached hydrogens (primary N) is 2. The smallest absolute Gasteiger partial charge is 0.395 e. The van der Waals surface area contributed by atoms with Crippen molar-refractivity contribution in [2.24, 2.45) is 30.7 Å². The molecule has 0 aromatic heterocycles. The van der Waals surface area contributed by atoms with E-state index < -0.39 is 106 Å². The fourth-order valence-corrected chi connectivity index (χ4v) is 10.3. The van der Waals surface area contributed by atoms with E-state index in [1.807, 2.05) is 0 Å². The maximum Gasteiger partial charge on any atom is 0.397 e. The molecule has 0 atom stereocenters. The van der Waals surface area contributed by atoms with Crippen LogP contribution in [0.1, 0.15) is 0 Å². The van der Waals surface area contributed by atoms with Crippen LogP contribution < -0.4 is 11.5 Å². The third-order valence-corrected chi connectivity index (χ3v) is 15.0. The Kier molecular flexibility index (Phi) is 17.7. The van der Waals surface area contributed by atoms with E-state index in [2.05, 4.69) is 53.6 Å². The molecule has 68 heavy (non-hydrogen) atoms. The summed E-state index contributed by atoms with van der Waals surface area (Å²) in [6.07, 6.45) is 0. The van der Waals surface area contributed by atoms with E-state index in [4.69, 9.17) is 30.7 Å². The van der Waals surface area contributed by atoms with Gasteiger partial charge in [0, 0.05) is 10.3 Å². The lowest BCUT2D eigenvalue weighted by atomic mass is 10.1. The lowest BCUT2D eigenvalue weighted by Crippen LogP contribution is -2.16. The molecule has 0 unspecified atom stereocenters. The second-order valence-corrected chi connectivity index (χ2v) is 22.0. The summed E-state index contributed by atoms with van der Waals surface area (Å²) in [7, 11) is -23.6. The van der Waals surface area contributed by atoms with Gasteiger partial charge in [-0.1, -0.05) is 22.2 Å². The molecule has 0 aliphatic rings. The van der Waals surface area contributed by atoms with Crippen molar-refractivity contribution >= 4 is 131 Å². The molecule has 0 amide bonds. The van der Waals surface area contributed by atoms with Gasteiger partial charge in [-0.2, -0.15) is 35.5 Å². The number of benzene rings is 5. The highest BCUT2D eigenvalue weighted by molar-refractivity contribution is 7.95. The van der Waals surface area contributed by atoms with Gasteiger partial charge < -0.3 is 11.5 Å². The average molecular weight is 1090 g/mol. The van der Waals surface area contributed by atoms with E-state index >= 15 is 0 Å². The highest BCUT2D eigenvalue weighted by Gasteiger charge is 2.24. The Bertz CT molecular complexity index is 3360. The maximum absolute atomic E-state index is 12.8. The second-order valence-electron chi connectivity index (χ2n) is 12.7. The number of hydrogen-bond donors (Lipinski definition) is 7. The highest BCUT2D eigenvalue weighted by Crippen LogP contribution is 2.46. The zero-order valence-electron chi connectivity index (χ0n) is 33.3. The van der Waals surface area contributed by atoms with E-state index in [0.717, 1.165) is 24.3 Å². The summed E-state index contributed by atoms with van der Waals surface area (Å²) in [5.74, 6) is -1.59. The van der Waals surface area contributed by atoms with Crippen LogP contribution in [0.4, 0.5) is 45.5 Å². The van der Waals surface area contributed by atoms with Crippen LogP contribution in [0.3, 0.4) is 0 Å². The number of nitrogens with zero attached hydrogens (tertiary/aromatic N) is 6. The molecule has 9 N–H and O–H groups in total. The molecule has 366 valence electrons. The summed E-state index contributed by atoms with van der Waals surface area (Å²) in [5, 5.41) is 48.1. The Morgan fingerprint density at radius 3 is 1.72 bits per heavy atom. The number of rotatable bonds is 23. The maximum atomic E-state index is 12.8. The molecule has 0 aliphatic heterocycles. The molecule has 0 fully saturated rings. The first kappa shape index (κ1) is 53.7. The fraction of sp³-hybridized carbons (Fsp3) is 0.125. The lowest BCUT2D eigenvalue weighted by Gasteiger charge is -2.11. The van der Waals surface area contributed by atoms with Crippen LogP contribution in [0.15, 0.2) is 134 Å². The van der Waals surface area contributed by atoms with Crippen molar-refractivity contribution in [1.82, 2.24) is 0 Å². The topological polar surface area (TPSA) is 453 Å². The average Bonchev–Trinajstić information content (AvgIpc) is 3.26. The largest absolute Gasteiger partial charge is 0.397 e. The molecule has 36 heteroatoms. The van der Waals surface area contributed by atoms with Crippen molar-refractivity contribution in [3.8, 4) is 0 Å². The molecule has 0 saturated carbocycles. The van der Waals surface area contributed by atoms with Crippen LogP contribution >= 0.6 is 24.4 Å². The first-order valence-electron chi connectivity index (χ1n) is 17.6. The molecular weight excluding hydrogens is 1060 g/mol. The standard InChI is InChI=1S/C32H30N8O21S7/c33-30-25(38-35-18-4-6-20(7-5-18)64(43,44)12-10-56-63-61-59-42)17-26(39-36-19-14-23-22(27(15-19)62-60-58-41)2-1-3-28(23)66(47,48)49)31(34)32(30)40-37-24-9-8-21(16-29(24)67(50,51)52)65(45,46)13-11-57-68(53,54)55/h1-9,14-17,41-42H,10-13,33-34H2,(H,47,48,49)(H,50,51,52)(H,53,54,55)/b38-35+,39-36+,40-37+. The molecule has 0 spiro atoms. The highest BCUT2D eigenvalue weighted by atomic mass is 32.3. The van der Waals surface area contributed by atoms with Gasteiger partial charge in [0.15, 0.2) is 32.0 Å². The summed E-state index contributed by atoms with van der Waals surface area (Å²) in [4.78, 5) is -2.52. The van der Waals surface area contributed by atoms with E-state index in [0.29, 0.717) is 18.1 Å². The molecule has 0 bridgehead atoms. The molecule has 0 saturated heterocycles. The summed E-state index contributed by atoms with van der Waals surface area (Å²) in [6, 6.07) is 14.4. The van der Waals surface area contributed by atoms with Gasteiger partial charge in [0.05, 0.1) is 69.3 Å². The monoisotopic (exact) mass is 1090 g/mol. The van der Waals surface area contributed by atoms with Gasteiger partial charge in [-0.25, -0.2) is 31.5 Å². The Labute approximate surface area is 392 Å². The van der Waals surface area contributed by atoms with E-state index in [1.165, 1.54) is 48.5 Å². The normalized spacial score (nSPS) is 13.1. The molecule has 0 radical (unpaired) electrons. The quantitative estimate of drug-likeness (QED) is 0.00694. The van der Waals surface area contributed by atoms with Crippen LogP contribution in [0.5, 0.6) is 0 Å². The van der Waals surface area contributed by atoms with Crippen LogP contribution in [0.2, 0.25) is 0 Å². The fourth-order valence-electron chi connectivity index (χ4n) is 5.38. The van der Waals surface area contributed by atoms with Crippen LogP contribution in [-0.4, -0.2) is 91.0 Å². The first-order chi connectivity index (χ1) is 31.8. The van der Waals surface area contributed by atoms with Crippen LogP contribution in [0.25, 0.3) is 10.8 Å². The van der Waals surface area contributed by atoms with Gasteiger partial charge in [-0.3, -0.25) is 17.8 Å². The Morgan fingerprint density at radius 1 is 0.544 bits per heavy atom. The molecule has 5 aromatic rings. The van der Waals surface area contributed by atoms with Crippen LogP contribution in [0, 0.1) is 0 Å². The van der Waals surface area contributed by atoms with E-state index in [9.17, 15) is 51.2 Å². The Hall–Kier alpha value is -5.23. The summed E-state index contributed by atoms with van der Waals surface area (Å²) in [5.41, 5.74) is 10.0. The van der Waals surface area contributed by atoms with Crippen molar-refractivity contribution in [1.29, 1.82) is 0 Å². The summed E-state index contributed by atoms with van der Waals surface area (Å²) in [6.45, 7) is -1.44. The van der Waals surface area contributed by atoms with E-state index in [-0.39, 0.29) is 62.2 Å². The van der Waals surface area contributed by atoms with Gasteiger partial charge in [-0.15, -0.1) is 29.1 Å². The zero-order chi connectivity index (χ0) is 50.1. The predicted molar refractivity (Wildman–Crippen MR) is 235 cm³/mol. The number of hydrogen-bond acceptors (Lipinski definition) is 28. The minimum Gasteiger partial charge on any atom is -0.395 e. The van der Waals surface area contributed by atoms with Gasteiger partial charge in [0.25, 0.3) is 20.2 Å². The predicted octanol–water partition coefficient (Wildman–Crippen LogP) is 6.54. The van der Waals surface area contributed by atoms with Gasteiger partial charge >= 0.3 is 10.4 Å². The summed E-state index contributed by atoms with van der Waals surface area (Å²) < 4.78 is 168. The number of nitrogen functional groups attached to an aromatic ring is 2. The third-order valence-electron chi connectivity index (χ3n) is 8.36. The van der Waals surface area contributed by atoms with Crippen LogP contribution in [-0.2, 0) is 77.4 Å². The number of azo groups is 3. The zero-order valence-corrected chi connectivity index (χ0v) is 39.0. The minimum atomic E-state index is -5.30. The molecular formula is C32H30N8O21S7. The number of fused-ring (bicyclic) bond motifs is 1. The van der Waals surface area contributed by atoms with Gasteiger partial charge in [-0.05, 0) is 72.1 Å². The third kappa shape index (κ3) is 14.4. The number of anilines is 2. The Morgan fingerprint density at radius 2 is 1.12 bits per heavy atom. The van der Waals surface area contributed by atoms with Crippen molar-refractivity contribution in [2.75, 3.05) is 36.2 Å². The van der Waals surface area contributed by atoms with Crippen molar-refractivity contribution in [3.63, 3.8) is 0 Å². The number of sulfone groups is 2. The molecule has 0 aliphatic carbocycles. The van der Waals surface area contributed by atoms with Crippen molar-refractivity contribution in [2.45, 2.75) is 24.5 Å².